The molecular formula is C22H15F5N4O. The van der Waals surface area contributed by atoms with Gasteiger partial charge in [-0.05, 0) is 35.6 Å². The molecule has 2 heterocycles. The summed E-state index contributed by atoms with van der Waals surface area (Å²) in [5.41, 5.74) is 1.39. The third-order valence-corrected chi connectivity index (χ3v) is 5.64. The smallest absolute Gasteiger partial charge is 0.328 e. The van der Waals surface area contributed by atoms with Crippen LogP contribution in [0.4, 0.5) is 27.9 Å². The Bertz CT molecular complexity index is 1230. The number of Topliss-reactive ketones (excluding diaryl/α,β-unsaturated/α-hetero) is 1. The molecule has 0 saturated carbocycles. The number of alkyl halides is 3. The molecule has 5 nitrogen and oxygen atoms in total. The van der Waals surface area contributed by atoms with Crippen molar-refractivity contribution < 1.29 is 26.7 Å². The van der Waals surface area contributed by atoms with Crippen molar-refractivity contribution in [2.75, 3.05) is 5.32 Å². The first-order valence-electron chi connectivity index (χ1n) is 9.78. The predicted molar refractivity (Wildman–Crippen MR) is 104 cm³/mol. The average molecular weight is 446 g/mol. The van der Waals surface area contributed by atoms with Gasteiger partial charge in [0.1, 0.15) is 17.7 Å². The first-order chi connectivity index (χ1) is 15.2. The number of carbonyl (C=O) groups is 1. The number of aromatic nitrogens is 3. The third kappa shape index (κ3) is 3.45. The van der Waals surface area contributed by atoms with Crippen LogP contribution in [0.5, 0.6) is 0 Å². The minimum atomic E-state index is -4.83. The Morgan fingerprint density at radius 2 is 1.66 bits per heavy atom. The van der Waals surface area contributed by atoms with Crippen LogP contribution in [0.3, 0.4) is 0 Å². The van der Waals surface area contributed by atoms with Crippen molar-refractivity contribution >= 4 is 11.7 Å². The summed E-state index contributed by atoms with van der Waals surface area (Å²) in [6, 6.07) is 10.6. The molecule has 2 aromatic carbocycles. The molecule has 1 aromatic heterocycles. The minimum absolute atomic E-state index is 0.0251. The first-order valence-corrected chi connectivity index (χ1v) is 9.78. The van der Waals surface area contributed by atoms with Crippen LogP contribution in [0.1, 0.15) is 41.8 Å². The number of halogens is 5. The van der Waals surface area contributed by atoms with Gasteiger partial charge in [0.05, 0.1) is 0 Å². The molecule has 10 heteroatoms. The molecule has 1 aliphatic carbocycles. The zero-order valence-corrected chi connectivity index (χ0v) is 16.3. The summed E-state index contributed by atoms with van der Waals surface area (Å²) in [4.78, 5) is 16.7. The fourth-order valence-corrected chi connectivity index (χ4v) is 4.33. The van der Waals surface area contributed by atoms with Crippen molar-refractivity contribution in [2.45, 2.75) is 31.0 Å². The average Bonchev–Trinajstić information content (AvgIpc) is 3.16. The molecule has 0 spiro atoms. The zero-order chi connectivity index (χ0) is 22.6. The number of rotatable bonds is 2. The quantitative estimate of drug-likeness (QED) is 0.564. The number of fused-ring (bicyclic) bond motifs is 1. The zero-order valence-electron chi connectivity index (χ0n) is 16.3. The van der Waals surface area contributed by atoms with Crippen LogP contribution >= 0.6 is 0 Å². The van der Waals surface area contributed by atoms with Crippen molar-refractivity contribution in [3.8, 4) is 0 Å². The Labute approximate surface area is 178 Å². The highest BCUT2D eigenvalue weighted by molar-refractivity contribution is 6.00. The van der Waals surface area contributed by atoms with Gasteiger partial charge in [0.25, 0.3) is 5.82 Å². The van der Waals surface area contributed by atoms with Crippen molar-refractivity contribution in [3.63, 3.8) is 0 Å². The Balaban J connectivity index is 1.66. The highest BCUT2D eigenvalue weighted by Crippen LogP contribution is 2.45. The molecule has 0 radical (unpaired) electrons. The van der Waals surface area contributed by atoms with Gasteiger partial charge in [-0.25, -0.2) is 13.5 Å². The number of nitrogens with one attached hydrogen (secondary N) is 1. The summed E-state index contributed by atoms with van der Waals surface area (Å²) in [5, 5.41) is 6.34. The number of hydrogen-bond donors (Lipinski definition) is 1. The van der Waals surface area contributed by atoms with Gasteiger partial charge >= 0.3 is 6.18 Å². The third-order valence-electron chi connectivity index (χ3n) is 5.64. The maximum Gasteiger partial charge on any atom is 0.453 e. The molecule has 0 fully saturated rings. The van der Waals surface area contributed by atoms with E-state index < -0.39 is 29.7 Å². The fourth-order valence-electron chi connectivity index (χ4n) is 4.33. The lowest BCUT2D eigenvalue weighted by Crippen LogP contribution is -2.33. The van der Waals surface area contributed by atoms with Crippen LogP contribution in [-0.4, -0.2) is 20.5 Å². The molecule has 3 aromatic rings. The van der Waals surface area contributed by atoms with Crippen LogP contribution < -0.4 is 5.32 Å². The van der Waals surface area contributed by atoms with Gasteiger partial charge < -0.3 is 5.32 Å². The molecule has 1 N–H and O–H groups in total. The lowest BCUT2D eigenvalue weighted by molar-refractivity contribution is -0.145. The van der Waals surface area contributed by atoms with Gasteiger partial charge in [-0.3, -0.25) is 4.79 Å². The van der Waals surface area contributed by atoms with Gasteiger partial charge in [0, 0.05) is 23.8 Å². The van der Waals surface area contributed by atoms with Crippen LogP contribution in [0.15, 0.2) is 59.8 Å². The van der Waals surface area contributed by atoms with Crippen LogP contribution in [0.2, 0.25) is 0 Å². The van der Waals surface area contributed by atoms with E-state index in [1.54, 1.807) is 0 Å². The molecule has 1 aliphatic heterocycles. The topological polar surface area (TPSA) is 59.8 Å². The minimum Gasteiger partial charge on any atom is -0.328 e. The van der Waals surface area contributed by atoms with Gasteiger partial charge in [0.2, 0.25) is 5.95 Å². The molecule has 0 bridgehead atoms. The summed E-state index contributed by atoms with van der Waals surface area (Å²) in [5.74, 6) is -4.01. The second kappa shape index (κ2) is 7.25. The Morgan fingerprint density at radius 1 is 0.969 bits per heavy atom. The second-order valence-corrected chi connectivity index (χ2v) is 7.76. The Hall–Kier alpha value is -3.56. The van der Waals surface area contributed by atoms with Crippen LogP contribution in [0, 0.1) is 11.6 Å². The summed E-state index contributed by atoms with van der Waals surface area (Å²) in [7, 11) is 0. The van der Waals surface area contributed by atoms with Crippen molar-refractivity contribution in [1.82, 2.24) is 14.8 Å². The number of ketones is 1. The van der Waals surface area contributed by atoms with E-state index in [0.29, 0.717) is 18.2 Å². The van der Waals surface area contributed by atoms with Crippen molar-refractivity contribution in [2.24, 2.45) is 0 Å². The molecule has 32 heavy (non-hydrogen) atoms. The maximum absolute atomic E-state index is 14.0. The molecular weight excluding hydrogens is 431 g/mol. The number of carbonyl (C=O) groups excluding carboxylic acids is 1. The van der Waals surface area contributed by atoms with Gasteiger partial charge in [-0.15, -0.1) is 5.10 Å². The molecule has 2 aliphatic rings. The Kier molecular flexibility index (Phi) is 4.61. The largest absolute Gasteiger partial charge is 0.453 e. The predicted octanol–water partition coefficient (Wildman–Crippen LogP) is 4.99. The van der Waals surface area contributed by atoms with Gasteiger partial charge in [-0.2, -0.15) is 18.2 Å². The van der Waals surface area contributed by atoms with E-state index in [4.69, 9.17) is 0 Å². The fraction of sp³-hybridized carbons (Fsp3) is 0.227. The Morgan fingerprint density at radius 3 is 2.31 bits per heavy atom. The van der Waals surface area contributed by atoms with E-state index in [9.17, 15) is 26.7 Å². The van der Waals surface area contributed by atoms with E-state index in [1.165, 1.54) is 0 Å². The molecule has 0 unspecified atom stereocenters. The van der Waals surface area contributed by atoms with Crippen LogP contribution in [-0.2, 0) is 11.0 Å². The number of benzene rings is 2. The summed E-state index contributed by atoms with van der Waals surface area (Å²) in [6.45, 7) is 0. The highest BCUT2D eigenvalue weighted by atomic mass is 19.4. The lowest BCUT2D eigenvalue weighted by Gasteiger charge is -2.35. The molecule has 0 amide bonds. The monoisotopic (exact) mass is 446 g/mol. The van der Waals surface area contributed by atoms with Gasteiger partial charge in [0.15, 0.2) is 5.78 Å². The molecule has 0 saturated heterocycles. The number of nitrogens with zero attached hydrogens (tertiary/aromatic N) is 3. The normalized spacial score (nSPS) is 20.6. The standard InChI is InChI=1S/C22H15F5N4O/c23-14-6-13(7-15(24)10-14)19-18-16(28-21-29-20(22(25,26)27)30-31(19)21)8-12(9-17(18)32)11-4-2-1-3-5-11/h1-7,10,12,19H,8-9H2,(H,28,29,30)/t12-,19-/m1/s1. The number of anilines is 1. The van der Waals surface area contributed by atoms with E-state index in [-0.39, 0.29) is 35.2 Å². The SMILES string of the molecule is O=C1C[C@H](c2ccccc2)CC2=C1[C@@H](c1cc(F)cc(F)c1)n1nc(C(F)(F)F)nc1N2. The van der Waals surface area contributed by atoms with E-state index in [1.807, 2.05) is 30.3 Å². The van der Waals surface area contributed by atoms with Crippen molar-refractivity contribution in [1.29, 1.82) is 0 Å². The number of allylic oxidation sites excluding steroid dienone is 2. The summed E-state index contributed by atoms with van der Waals surface area (Å²) >= 11 is 0. The second-order valence-electron chi connectivity index (χ2n) is 7.76. The van der Waals surface area contributed by atoms with Crippen molar-refractivity contribution in [3.05, 3.63) is 88.4 Å². The summed E-state index contributed by atoms with van der Waals surface area (Å²) in [6.07, 6.45) is -4.40. The molecule has 5 rings (SSSR count). The van der Waals surface area contributed by atoms with E-state index >= 15 is 0 Å². The first kappa shape index (κ1) is 20.3. The van der Waals surface area contributed by atoms with E-state index in [0.717, 1.165) is 22.4 Å². The lowest BCUT2D eigenvalue weighted by atomic mass is 9.78. The molecule has 164 valence electrons. The molecule has 2 atom stereocenters. The van der Waals surface area contributed by atoms with Crippen LogP contribution in [0.25, 0.3) is 0 Å². The van der Waals surface area contributed by atoms with E-state index in [2.05, 4.69) is 15.4 Å². The van der Waals surface area contributed by atoms with Gasteiger partial charge in [-0.1, -0.05) is 30.3 Å². The summed E-state index contributed by atoms with van der Waals surface area (Å²) < 4.78 is 68.7. The maximum atomic E-state index is 14.0. The highest BCUT2D eigenvalue weighted by Gasteiger charge is 2.43. The number of hydrogen-bond acceptors (Lipinski definition) is 4.